The van der Waals surface area contributed by atoms with E-state index in [1.165, 1.54) is 16.7 Å². The predicted molar refractivity (Wildman–Crippen MR) is 94.6 cm³/mol. The number of amides is 3. The average molecular weight is 341 g/mol. The Bertz CT molecular complexity index is 709. The third-order valence-corrected chi connectivity index (χ3v) is 5.14. The summed E-state index contributed by atoms with van der Waals surface area (Å²) in [4.78, 5) is 30.0. The summed E-state index contributed by atoms with van der Waals surface area (Å²) in [7, 11) is 0. The first-order chi connectivity index (χ1) is 11.7. The van der Waals surface area contributed by atoms with Crippen molar-refractivity contribution < 1.29 is 9.59 Å². The zero-order valence-electron chi connectivity index (χ0n) is 13.4. The third kappa shape index (κ3) is 3.43. The second kappa shape index (κ2) is 7.49. The molecule has 0 radical (unpaired) electrons. The molecule has 124 valence electrons. The van der Waals surface area contributed by atoms with E-state index in [9.17, 15) is 9.59 Å². The Hall–Kier alpha value is -2.34. The number of carbonyl (C=O) groups excluding carboxylic acids is 2. The van der Waals surface area contributed by atoms with Gasteiger partial charge in [-0.25, -0.2) is 4.79 Å². The van der Waals surface area contributed by atoms with E-state index in [0.717, 1.165) is 11.1 Å². The molecule has 1 fully saturated rings. The zero-order valence-corrected chi connectivity index (χ0v) is 14.2. The fraction of sp³-hybridized carbons (Fsp3) is 0.278. The second-order valence-corrected chi connectivity index (χ2v) is 6.62. The summed E-state index contributed by atoms with van der Waals surface area (Å²) in [6.45, 7) is 0.382. The van der Waals surface area contributed by atoms with Gasteiger partial charge in [-0.05, 0) is 35.9 Å². The molecule has 1 N–H and O–H groups in total. The lowest BCUT2D eigenvalue weighted by molar-refractivity contribution is -0.139. The number of hydrogen-bond donors (Lipinski definition) is 1. The maximum absolute atomic E-state index is 12.4. The van der Waals surface area contributed by atoms with Gasteiger partial charge in [0.2, 0.25) is 5.91 Å². The minimum absolute atomic E-state index is 0.104. The van der Waals surface area contributed by atoms with Gasteiger partial charge in [-0.2, -0.15) is 0 Å². The SMILES string of the molecule is CS[C@@H]1C(=O)N(C(=O)NCc2ccncc2)[C@H]1Cc1ccccc1. The van der Waals surface area contributed by atoms with Crippen LogP contribution in [0, 0.1) is 0 Å². The number of nitrogens with zero attached hydrogens (tertiary/aromatic N) is 2. The topological polar surface area (TPSA) is 62.3 Å². The molecule has 1 saturated heterocycles. The molecule has 0 bridgehead atoms. The summed E-state index contributed by atoms with van der Waals surface area (Å²) >= 11 is 1.50. The van der Waals surface area contributed by atoms with Gasteiger partial charge in [0.05, 0.1) is 6.04 Å². The van der Waals surface area contributed by atoms with Crippen LogP contribution in [0.25, 0.3) is 0 Å². The summed E-state index contributed by atoms with van der Waals surface area (Å²) in [5.41, 5.74) is 2.08. The van der Waals surface area contributed by atoms with Crippen LogP contribution in [0.2, 0.25) is 0 Å². The molecule has 3 rings (SSSR count). The van der Waals surface area contributed by atoms with Crippen molar-refractivity contribution in [2.75, 3.05) is 6.26 Å². The summed E-state index contributed by atoms with van der Waals surface area (Å²) in [5, 5.41) is 2.67. The zero-order chi connectivity index (χ0) is 16.9. The van der Waals surface area contributed by atoms with Crippen molar-refractivity contribution >= 4 is 23.7 Å². The van der Waals surface area contributed by atoms with E-state index in [0.29, 0.717) is 13.0 Å². The van der Waals surface area contributed by atoms with E-state index in [1.54, 1.807) is 12.4 Å². The van der Waals surface area contributed by atoms with Gasteiger partial charge in [0.1, 0.15) is 5.25 Å². The molecular weight excluding hydrogens is 322 g/mol. The highest BCUT2D eigenvalue weighted by Crippen LogP contribution is 2.32. The minimum atomic E-state index is -0.331. The first-order valence-corrected chi connectivity index (χ1v) is 9.06. The molecule has 2 heterocycles. The average Bonchev–Trinajstić information content (AvgIpc) is 2.62. The van der Waals surface area contributed by atoms with Gasteiger partial charge in [-0.3, -0.25) is 14.7 Å². The van der Waals surface area contributed by atoms with Crippen LogP contribution in [-0.4, -0.2) is 39.4 Å². The van der Waals surface area contributed by atoms with Crippen LogP contribution in [0.5, 0.6) is 0 Å². The number of aromatic nitrogens is 1. The van der Waals surface area contributed by atoms with Crippen LogP contribution < -0.4 is 5.32 Å². The first-order valence-electron chi connectivity index (χ1n) is 7.77. The molecule has 1 aromatic heterocycles. The molecular formula is C18H19N3O2S. The summed E-state index contributed by atoms with van der Waals surface area (Å²) in [5.74, 6) is -0.115. The number of urea groups is 1. The molecule has 5 nitrogen and oxygen atoms in total. The summed E-state index contributed by atoms with van der Waals surface area (Å²) in [6, 6.07) is 13.2. The van der Waals surface area contributed by atoms with E-state index in [2.05, 4.69) is 10.3 Å². The number of nitrogens with one attached hydrogen (secondary N) is 1. The van der Waals surface area contributed by atoms with Crippen molar-refractivity contribution in [2.45, 2.75) is 24.3 Å². The molecule has 6 heteroatoms. The number of pyridine rings is 1. The van der Waals surface area contributed by atoms with Crippen LogP contribution in [0.4, 0.5) is 4.79 Å². The Morgan fingerprint density at radius 1 is 1.17 bits per heavy atom. The molecule has 3 amide bonds. The van der Waals surface area contributed by atoms with Crippen LogP contribution in [0.3, 0.4) is 0 Å². The predicted octanol–water partition coefficient (Wildman–Crippen LogP) is 2.48. The number of imide groups is 1. The quantitative estimate of drug-likeness (QED) is 0.849. The van der Waals surface area contributed by atoms with Crippen molar-refractivity contribution in [3.05, 3.63) is 66.0 Å². The largest absolute Gasteiger partial charge is 0.334 e. The molecule has 1 aromatic carbocycles. The van der Waals surface area contributed by atoms with Crippen molar-refractivity contribution in [2.24, 2.45) is 0 Å². The highest BCUT2D eigenvalue weighted by atomic mass is 32.2. The van der Waals surface area contributed by atoms with Gasteiger partial charge < -0.3 is 5.32 Å². The summed E-state index contributed by atoms with van der Waals surface area (Å²) in [6.07, 6.45) is 5.95. The Kier molecular flexibility index (Phi) is 5.15. The van der Waals surface area contributed by atoms with E-state index < -0.39 is 0 Å². The number of thioether (sulfide) groups is 1. The van der Waals surface area contributed by atoms with Gasteiger partial charge >= 0.3 is 6.03 Å². The van der Waals surface area contributed by atoms with Crippen LogP contribution >= 0.6 is 11.8 Å². The Morgan fingerprint density at radius 2 is 1.88 bits per heavy atom. The van der Waals surface area contributed by atoms with Gasteiger partial charge in [0.15, 0.2) is 0 Å². The molecule has 2 atom stereocenters. The lowest BCUT2D eigenvalue weighted by Crippen LogP contribution is -2.67. The molecule has 0 unspecified atom stereocenters. The third-order valence-electron chi connectivity index (χ3n) is 4.12. The Labute approximate surface area is 145 Å². The monoisotopic (exact) mass is 341 g/mol. The minimum Gasteiger partial charge on any atom is -0.334 e. The van der Waals surface area contributed by atoms with Crippen LogP contribution in [0.15, 0.2) is 54.9 Å². The van der Waals surface area contributed by atoms with Gasteiger partial charge in [0, 0.05) is 18.9 Å². The maximum atomic E-state index is 12.4. The van der Waals surface area contributed by atoms with E-state index >= 15 is 0 Å². The standard InChI is InChI=1S/C18H19N3O2S/c1-24-16-15(11-13-5-3-2-4-6-13)21(17(16)22)18(23)20-12-14-7-9-19-10-8-14/h2-10,15-16H,11-12H2,1H3,(H,20,23)/t15-,16-/m0/s1. The smallest absolute Gasteiger partial charge is 0.324 e. The first kappa shape index (κ1) is 16.5. The number of carbonyl (C=O) groups is 2. The van der Waals surface area contributed by atoms with Crippen LogP contribution in [0.1, 0.15) is 11.1 Å². The molecule has 1 aliphatic heterocycles. The highest BCUT2D eigenvalue weighted by Gasteiger charge is 2.50. The molecule has 0 spiro atoms. The highest BCUT2D eigenvalue weighted by molar-refractivity contribution is 8.00. The Balaban J connectivity index is 1.65. The van der Waals surface area contributed by atoms with Crippen LogP contribution in [-0.2, 0) is 17.8 Å². The van der Waals surface area contributed by atoms with Crippen molar-refractivity contribution in [3.63, 3.8) is 0 Å². The second-order valence-electron chi connectivity index (χ2n) is 5.64. The van der Waals surface area contributed by atoms with Crippen molar-refractivity contribution in [1.82, 2.24) is 15.2 Å². The van der Waals surface area contributed by atoms with Crippen molar-refractivity contribution in [1.29, 1.82) is 0 Å². The lowest BCUT2D eigenvalue weighted by Gasteiger charge is -2.44. The summed E-state index contributed by atoms with van der Waals surface area (Å²) < 4.78 is 0. The number of rotatable bonds is 5. The van der Waals surface area contributed by atoms with E-state index in [4.69, 9.17) is 0 Å². The normalized spacial score (nSPS) is 19.7. The molecule has 24 heavy (non-hydrogen) atoms. The molecule has 0 saturated carbocycles. The van der Waals surface area contributed by atoms with Gasteiger partial charge in [-0.15, -0.1) is 11.8 Å². The number of benzene rings is 1. The molecule has 2 aromatic rings. The molecule has 0 aliphatic carbocycles. The van der Waals surface area contributed by atoms with E-state index in [1.807, 2.05) is 48.7 Å². The Morgan fingerprint density at radius 3 is 2.54 bits per heavy atom. The maximum Gasteiger partial charge on any atom is 0.324 e. The number of likely N-dealkylation sites (tertiary alicyclic amines) is 1. The fourth-order valence-corrected chi connectivity index (χ4v) is 3.69. The number of β-lactam (4-membered cyclic amide) rings is 1. The molecule has 1 aliphatic rings. The number of hydrogen-bond acceptors (Lipinski definition) is 4. The van der Waals surface area contributed by atoms with Gasteiger partial charge in [-0.1, -0.05) is 30.3 Å². The van der Waals surface area contributed by atoms with Crippen molar-refractivity contribution in [3.8, 4) is 0 Å². The van der Waals surface area contributed by atoms with Gasteiger partial charge in [0.25, 0.3) is 0 Å². The van der Waals surface area contributed by atoms with E-state index in [-0.39, 0.29) is 23.2 Å². The lowest BCUT2D eigenvalue weighted by atomic mass is 9.94. The fourth-order valence-electron chi connectivity index (χ4n) is 2.84.